The van der Waals surface area contributed by atoms with Crippen LogP contribution in [0.3, 0.4) is 0 Å². The van der Waals surface area contributed by atoms with Gasteiger partial charge in [0.2, 0.25) is 0 Å². The number of ketones is 1. The number of hydrogen-bond donors (Lipinski definition) is 1. The second-order valence-corrected chi connectivity index (χ2v) is 3.90. The Balaban J connectivity index is 2.28. The van der Waals surface area contributed by atoms with Gasteiger partial charge >= 0.3 is 0 Å². The standard InChI is InChI=1S/C13H9F3N2O/c14-9-4-8(5-10(15)12(9)16)11(19)6-7-2-1-3-18-13(7)17/h1-5H,6H2,(H2,17,18). The minimum absolute atomic E-state index is 0.163. The molecular formula is C13H9F3N2O. The highest BCUT2D eigenvalue weighted by Crippen LogP contribution is 2.17. The molecule has 0 fully saturated rings. The van der Waals surface area contributed by atoms with E-state index in [0.29, 0.717) is 17.7 Å². The average molecular weight is 266 g/mol. The summed E-state index contributed by atoms with van der Waals surface area (Å²) in [7, 11) is 0. The van der Waals surface area contributed by atoms with Crippen LogP contribution in [0.1, 0.15) is 15.9 Å². The van der Waals surface area contributed by atoms with E-state index in [1.54, 1.807) is 12.1 Å². The number of halogens is 3. The molecule has 1 aromatic heterocycles. The lowest BCUT2D eigenvalue weighted by molar-refractivity contribution is 0.0992. The smallest absolute Gasteiger partial charge is 0.194 e. The lowest BCUT2D eigenvalue weighted by Gasteiger charge is -2.05. The number of aromatic nitrogens is 1. The Morgan fingerprint density at radius 1 is 1.21 bits per heavy atom. The van der Waals surface area contributed by atoms with Crippen molar-refractivity contribution in [2.45, 2.75) is 6.42 Å². The molecule has 1 heterocycles. The van der Waals surface area contributed by atoms with Crippen molar-refractivity contribution in [3.8, 4) is 0 Å². The molecule has 0 unspecified atom stereocenters. The van der Waals surface area contributed by atoms with Crippen molar-refractivity contribution in [2.24, 2.45) is 0 Å². The number of anilines is 1. The average Bonchev–Trinajstić information content (AvgIpc) is 2.38. The summed E-state index contributed by atoms with van der Waals surface area (Å²) >= 11 is 0. The monoisotopic (exact) mass is 266 g/mol. The van der Waals surface area contributed by atoms with E-state index in [-0.39, 0.29) is 17.8 Å². The van der Waals surface area contributed by atoms with E-state index in [1.165, 1.54) is 6.20 Å². The molecule has 98 valence electrons. The minimum Gasteiger partial charge on any atom is -0.383 e. The molecule has 2 N–H and O–H groups in total. The first kappa shape index (κ1) is 13.1. The molecule has 6 heteroatoms. The maximum absolute atomic E-state index is 13.0. The van der Waals surface area contributed by atoms with Crippen molar-refractivity contribution in [3.05, 3.63) is 59.0 Å². The van der Waals surface area contributed by atoms with Crippen LogP contribution in [0.25, 0.3) is 0 Å². The van der Waals surface area contributed by atoms with Crippen LogP contribution in [0.2, 0.25) is 0 Å². The van der Waals surface area contributed by atoms with Crippen molar-refractivity contribution in [1.29, 1.82) is 0 Å². The number of Topliss-reactive ketones (excluding diaryl/α,β-unsaturated/α-hetero) is 1. The van der Waals surface area contributed by atoms with Crippen LogP contribution in [0, 0.1) is 17.5 Å². The van der Waals surface area contributed by atoms with E-state index in [0.717, 1.165) is 0 Å². The molecule has 0 aliphatic heterocycles. The fourth-order valence-electron chi connectivity index (χ4n) is 1.59. The second kappa shape index (κ2) is 5.09. The molecule has 0 radical (unpaired) electrons. The topological polar surface area (TPSA) is 56.0 Å². The molecule has 2 rings (SSSR count). The van der Waals surface area contributed by atoms with Gasteiger partial charge in [0.25, 0.3) is 0 Å². The third-order valence-corrected chi connectivity index (χ3v) is 2.58. The summed E-state index contributed by atoms with van der Waals surface area (Å²) in [5, 5.41) is 0. The molecule has 0 atom stereocenters. The summed E-state index contributed by atoms with van der Waals surface area (Å²) in [6.07, 6.45) is 1.30. The SMILES string of the molecule is Nc1ncccc1CC(=O)c1cc(F)c(F)c(F)c1. The molecular weight excluding hydrogens is 257 g/mol. The van der Waals surface area contributed by atoms with Crippen molar-refractivity contribution >= 4 is 11.6 Å². The van der Waals surface area contributed by atoms with Gasteiger partial charge in [0.05, 0.1) is 0 Å². The Labute approximate surface area is 106 Å². The predicted octanol–water partition coefficient (Wildman–Crippen LogP) is 2.51. The van der Waals surface area contributed by atoms with Crippen LogP contribution >= 0.6 is 0 Å². The molecule has 0 aliphatic rings. The Bertz CT molecular complexity index is 621. The zero-order valence-electron chi connectivity index (χ0n) is 9.66. The maximum atomic E-state index is 13.0. The lowest BCUT2D eigenvalue weighted by atomic mass is 10.0. The van der Waals surface area contributed by atoms with Crippen LogP contribution in [-0.2, 0) is 6.42 Å². The number of nitrogens with two attached hydrogens (primary N) is 1. The largest absolute Gasteiger partial charge is 0.383 e. The number of benzene rings is 1. The highest BCUT2D eigenvalue weighted by Gasteiger charge is 2.16. The zero-order chi connectivity index (χ0) is 14.0. The zero-order valence-corrected chi connectivity index (χ0v) is 9.66. The van der Waals surface area contributed by atoms with Gasteiger partial charge in [-0.05, 0) is 18.2 Å². The quantitative estimate of drug-likeness (QED) is 0.686. The summed E-state index contributed by atoms with van der Waals surface area (Å²) in [6.45, 7) is 0. The maximum Gasteiger partial charge on any atom is 0.194 e. The van der Waals surface area contributed by atoms with E-state index in [4.69, 9.17) is 5.73 Å². The first-order valence-corrected chi connectivity index (χ1v) is 5.36. The van der Waals surface area contributed by atoms with Crippen molar-refractivity contribution < 1.29 is 18.0 Å². The number of nitrogen functional groups attached to an aromatic ring is 1. The molecule has 2 aromatic rings. The number of nitrogens with zero attached hydrogens (tertiary/aromatic N) is 1. The van der Waals surface area contributed by atoms with Gasteiger partial charge in [-0.1, -0.05) is 6.07 Å². The first-order chi connectivity index (χ1) is 8.99. The van der Waals surface area contributed by atoms with Crippen molar-refractivity contribution in [1.82, 2.24) is 4.98 Å². The van der Waals surface area contributed by atoms with Crippen LogP contribution in [-0.4, -0.2) is 10.8 Å². The third kappa shape index (κ3) is 2.73. The Kier molecular flexibility index (Phi) is 3.50. The van der Waals surface area contributed by atoms with Gasteiger partial charge in [-0.3, -0.25) is 4.79 Å². The Hall–Kier alpha value is -2.37. The minimum atomic E-state index is -1.60. The lowest BCUT2D eigenvalue weighted by Crippen LogP contribution is -2.08. The highest BCUT2D eigenvalue weighted by atomic mass is 19.2. The molecule has 0 amide bonds. The van der Waals surface area contributed by atoms with Gasteiger partial charge in [0.15, 0.2) is 23.2 Å². The summed E-state index contributed by atoms with van der Waals surface area (Å²) in [6, 6.07) is 4.49. The summed E-state index contributed by atoms with van der Waals surface area (Å²) in [5.74, 6) is -4.81. The molecule has 0 bridgehead atoms. The summed E-state index contributed by atoms with van der Waals surface area (Å²) in [4.78, 5) is 15.6. The fourth-order valence-corrected chi connectivity index (χ4v) is 1.59. The summed E-state index contributed by atoms with van der Waals surface area (Å²) in [5.41, 5.74) is 5.75. The van der Waals surface area contributed by atoms with Crippen LogP contribution < -0.4 is 5.73 Å². The van der Waals surface area contributed by atoms with Crippen LogP contribution in [0.5, 0.6) is 0 Å². The van der Waals surface area contributed by atoms with Crippen LogP contribution in [0.15, 0.2) is 30.5 Å². The third-order valence-electron chi connectivity index (χ3n) is 2.58. The molecule has 1 aromatic carbocycles. The molecule has 0 saturated heterocycles. The predicted molar refractivity (Wildman–Crippen MR) is 63.0 cm³/mol. The highest BCUT2D eigenvalue weighted by molar-refractivity contribution is 5.98. The van der Waals surface area contributed by atoms with Crippen molar-refractivity contribution in [2.75, 3.05) is 5.73 Å². The molecule has 3 nitrogen and oxygen atoms in total. The molecule has 0 saturated carbocycles. The molecule has 0 aliphatic carbocycles. The van der Waals surface area contributed by atoms with E-state index < -0.39 is 23.2 Å². The first-order valence-electron chi connectivity index (χ1n) is 5.36. The Morgan fingerprint density at radius 2 is 1.84 bits per heavy atom. The van der Waals surface area contributed by atoms with Gasteiger partial charge in [-0.15, -0.1) is 0 Å². The number of rotatable bonds is 3. The number of pyridine rings is 1. The van der Waals surface area contributed by atoms with E-state index in [2.05, 4.69) is 4.98 Å². The van der Waals surface area contributed by atoms with Gasteiger partial charge in [-0.2, -0.15) is 0 Å². The van der Waals surface area contributed by atoms with E-state index >= 15 is 0 Å². The number of carbonyl (C=O) groups is 1. The molecule has 19 heavy (non-hydrogen) atoms. The van der Waals surface area contributed by atoms with Gasteiger partial charge < -0.3 is 5.73 Å². The van der Waals surface area contributed by atoms with E-state index in [9.17, 15) is 18.0 Å². The van der Waals surface area contributed by atoms with Gasteiger partial charge in [0.1, 0.15) is 5.82 Å². The second-order valence-electron chi connectivity index (χ2n) is 3.90. The van der Waals surface area contributed by atoms with Gasteiger partial charge in [0, 0.05) is 23.7 Å². The Morgan fingerprint density at radius 3 is 2.42 bits per heavy atom. The fraction of sp³-hybridized carbons (Fsp3) is 0.0769. The summed E-state index contributed by atoms with van der Waals surface area (Å²) < 4.78 is 38.8. The van der Waals surface area contributed by atoms with Gasteiger partial charge in [-0.25, -0.2) is 18.2 Å². The molecule has 0 spiro atoms. The normalized spacial score (nSPS) is 10.5. The number of carbonyl (C=O) groups excluding carboxylic acids is 1. The van der Waals surface area contributed by atoms with E-state index in [1.807, 2.05) is 0 Å². The number of hydrogen-bond acceptors (Lipinski definition) is 3. The van der Waals surface area contributed by atoms with Crippen molar-refractivity contribution in [3.63, 3.8) is 0 Å². The van der Waals surface area contributed by atoms with Crippen LogP contribution in [0.4, 0.5) is 19.0 Å².